The van der Waals surface area contributed by atoms with Gasteiger partial charge in [0.25, 0.3) is 5.88 Å². The SMILES string of the molecule is NC(=CC=NC(CC(=O)O)c1cnc2c(c1)OCCO2)CCCc1ccc2c(n1)NCCC2. The molecule has 0 saturated heterocycles. The van der Waals surface area contributed by atoms with E-state index < -0.39 is 12.0 Å². The second-order valence-electron chi connectivity index (χ2n) is 8.12. The number of ether oxygens (including phenoxy) is 2. The Hall–Kier alpha value is -3.62. The van der Waals surface area contributed by atoms with Gasteiger partial charge in [-0.3, -0.25) is 9.79 Å². The molecule has 1 atom stereocenters. The third-order valence-electron chi connectivity index (χ3n) is 5.58. The number of aryl methyl sites for hydroxylation is 2. The zero-order valence-electron chi connectivity index (χ0n) is 18.5. The molecule has 174 valence electrons. The zero-order valence-corrected chi connectivity index (χ0v) is 18.5. The first-order valence-corrected chi connectivity index (χ1v) is 11.3. The van der Waals surface area contributed by atoms with Crippen LogP contribution >= 0.6 is 0 Å². The normalized spacial score (nSPS) is 16.2. The lowest BCUT2D eigenvalue weighted by Crippen LogP contribution is -2.17. The number of nitrogens with two attached hydrogens (primary N) is 1. The standard InChI is InChI=1S/C24H29N5O4/c25-18(4-1-5-19-7-6-16-3-2-9-27-23(16)29-19)8-10-26-20(14-22(30)31)17-13-21-24(28-15-17)33-12-11-32-21/h6-8,10,13,15,20H,1-5,9,11-12,14,25H2,(H,27,29)(H,30,31). The number of rotatable bonds is 9. The molecule has 0 radical (unpaired) electrons. The molecular formula is C24H29N5O4. The van der Waals surface area contributed by atoms with Crippen molar-refractivity contribution in [3.63, 3.8) is 0 Å². The third kappa shape index (κ3) is 6.21. The fourth-order valence-corrected chi connectivity index (χ4v) is 3.86. The topological polar surface area (TPSA) is 132 Å². The molecule has 2 aliphatic heterocycles. The summed E-state index contributed by atoms with van der Waals surface area (Å²) in [5.41, 5.74) is 9.81. The van der Waals surface area contributed by atoms with Crippen LogP contribution in [0.3, 0.4) is 0 Å². The first-order chi connectivity index (χ1) is 16.1. The molecule has 9 heteroatoms. The number of nitrogens with zero attached hydrogens (tertiary/aromatic N) is 3. The highest BCUT2D eigenvalue weighted by atomic mass is 16.6. The molecule has 0 aliphatic carbocycles. The minimum absolute atomic E-state index is 0.163. The van der Waals surface area contributed by atoms with E-state index in [-0.39, 0.29) is 6.42 Å². The summed E-state index contributed by atoms with van der Waals surface area (Å²) in [7, 11) is 0. The summed E-state index contributed by atoms with van der Waals surface area (Å²) in [6.07, 6.45) is 9.34. The highest BCUT2D eigenvalue weighted by Crippen LogP contribution is 2.32. The molecule has 4 heterocycles. The average molecular weight is 452 g/mol. The molecule has 1 unspecified atom stereocenters. The van der Waals surface area contributed by atoms with Gasteiger partial charge in [0.05, 0.1) is 12.5 Å². The summed E-state index contributed by atoms with van der Waals surface area (Å²) in [6, 6.07) is 5.39. The summed E-state index contributed by atoms with van der Waals surface area (Å²) in [4.78, 5) is 24.7. The largest absolute Gasteiger partial charge is 0.484 e. The number of hydrogen-bond donors (Lipinski definition) is 3. The molecule has 0 spiro atoms. The molecule has 0 aromatic carbocycles. The van der Waals surface area contributed by atoms with Gasteiger partial charge in [-0.05, 0) is 61.4 Å². The van der Waals surface area contributed by atoms with Gasteiger partial charge in [-0.25, -0.2) is 9.97 Å². The Labute approximate surface area is 192 Å². The maximum absolute atomic E-state index is 11.3. The van der Waals surface area contributed by atoms with Crippen LogP contribution in [0.1, 0.15) is 48.5 Å². The molecular weight excluding hydrogens is 422 g/mol. The lowest BCUT2D eigenvalue weighted by Gasteiger charge is -2.19. The van der Waals surface area contributed by atoms with E-state index in [1.165, 1.54) is 5.56 Å². The summed E-state index contributed by atoms with van der Waals surface area (Å²) in [5.74, 6) is 0.977. The highest BCUT2D eigenvalue weighted by molar-refractivity contribution is 5.73. The van der Waals surface area contributed by atoms with Crippen molar-refractivity contribution >= 4 is 18.0 Å². The molecule has 2 aliphatic rings. The van der Waals surface area contributed by atoms with Crippen molar-refractivity contribution in [2.45, 2.75) is 44.6 Å². The summed E-state index contributed by atoms with van der Waals surface area (Å²) in [5, 5.41) is 12.6. The van der Waals surface area contributed by atoms with Crippen molar-refractivity contribution in [2.24, 2.45) is 10.7 Å². The number of carboxylic acids is 1. The van der Waals surface area contributed by atoms with Gasteiger partial charge in [-0.2, -0.15) is 0 Å². The van der Waals surface area contributed by atoms with E-state index in [9.17, 15) is 9.90 Å². The van der Waals surface area contributed by atoms with Crippen LogP contribution in [0.5, 0.6) is 11.6 Å². The number of pyridine rings is 2. The van der Waals surface area contributed by atoms with Crippen LogP contribution < -0.4 is 20.5 Å². The lowest BCUT2D eigenvalue weighted by molar-refractivity contribution is -0.137. The first-order valence-electron chi connectivity index (χ1n) is 11.3. The molecule has 0 amide bonds. The highest BCUT2D eigenvalue weighted by Gasteiger charge is 2.19. The second kappa shape index (κ2) is 10.8. The molecule has 4 N–H and O–H groups in total. The van der Waals surface area contributed by atoms with Gasteiger partial charge in [0.15, 0.2) is 5.75 Å². The fourth-order valence-electron chi connectivity index (χ4n) is 3.86. The Morgan fingerprint density at radius 2 is 2.21 bits per heavy atom. The lowest BCUT2D eigenvalue weighted by atomic mass is 10.1. The predicted molar refractivity (Wildman–Crippen MR) is 125 cm³/mol. The summed E-state index contributed by atoms with van der Waals surface area (Å²) >= 11 is 0. The number of allylic oxidation sites excluding steroid dienone is 2. The number of nitrogens with one attached hydrogen (secondary N) is 1. The number of carboxylic acid groups (broad SMARTS) is 1. The van der Waals surface area contributed by atoms with Crippen LogP contribution in [0.4, 0.5) is 5.82 Å². The van der Waals surface area contributed by atoms with Gasteiger partial charge >= 0.3 is 5.97 Å². The number of aliphatic imine (C=N–C) groups is 1. The van der Waals surface area contributed by atoms with Crippen molar-refractivity contribution in [2.75, 3.05) is 25.1 Å². The molecule has 2 aromatic rings. The van der Waals surface area contributed by atoms with E-state index in [1.54, 1.807) is 24.6 Å². The Balaban J connectivity index is 1.33. The molecule has 9 nitrogen and oxygen atoms in total. The third-order valence-corrected chi connectivity index (χ3v) is 5.58. The second-order valence-corrected chi connectivity index (χ2v) is 8.12. The summed E-state index contributed by atoms with van der Waals surface area (Å²) < 4.78 is 11.0. The van der Waals surface area contributed by atoms with Crippen LogP contribution in [0.2, 0.25) is 0 Å². The smallest absolute Gasteiger partial charge is 0.305 e. The predicted octanol–water partition coefficient (Wildman–Crippen LogP) is 3.06. The van der Waals surface area contributed by atoms with E-state index >= 15 is 0 Å². The van der Waals surface area contributed by atoms with Gasteiger partial charge in [0.1, 0.15) is 19.0 Å². The van der Waals surface area contributed by atoms with Gasteiger partial charge in [-0.1, -0.05) is 6.07 Å². The van der Waals surface area contributed by atoms with Gasteiger partial charge in [-0.15, -0.1) is 0 Å². The molecule has 2 aromatic heterocycles. The maximum atomic E-state index is 11.3. The molecule has 0 fully saturated rings. The Kier molecular flexibility index (Phi) is 7.39. The van der Waals surface area contributed by atoms with Crippen molar-refractivity contribution in [1.82, 2.24) is 9.97 Å². The minimum atomic E-state index is -0.948. The number of anilines is 1. The quantitative estimate of drug-likeness (QED) is 0.496. The summed E-state index contributed by atoms with van der Waals surface area (Å²) in [6.45, 7) is 1.85. The zero-order chi connectivity index (χ0) is 23.0. The van der Waals surface area contributed by atoms with E-state index in [2.05, 4.69) is 27.4 Å². The van der Waals surface area contributed by atoms with E-state index in [4.69, 9.17) is 20.2 Å². The average Bonchev–Trinajstić information content (AvgIpc) is 2.83. The van der Waals surface area contributed by atoms with Crippen molar-refractivity contribution in [3.8, 4) is 11.6 Å². The van der Waals surface area contributed by atoms with E-state index in [0.29, 0.717) is 42.5 Å². The minimum Gasteiger partial charge on any atom is -0.484 e. The fraction of sp³-hybridized carbons (Fsp3) is 0.417. The van der Waals surface area contributed by atoms with Crippen LogP contribution in [0, 0.1) is 0 Å². The van der Waals surface area contributed by atoms with Crippen LogP contribution in [-0.2, 0) is 17.6 Å². The van der Waals surface area contributed by atoms with Crippen LogP contribution in [-0.4, -0.2) is 47.0 Å². The number of aliphatic carboxylic acids is 1. The molecule has 33 heavy (non-hydrogen) atoms. The molecule has 4 rings (SSSR count). The van der Waals surface area contributed by atoms with Crippen molar-refractivity contribution in [1.29, 1.82) is 0 Å². The number of aromatic nitrogens is 2. The van der Waals surface area contributed by atoms with Crippen molar-refractivity contribution in [3.05, 3.63) is 53.0 Å². The first kappa shape index (κ1) is 22.6. The molecule has 0 saturated carbocycles. The Bertz CT molecular complexity index is 1050. The monoisotopic (exact) mass is 451 g/mol. The Morgan fingerprint density at radius 1 is 1.33 bits per heavy atom. The van der Waals surface area contributed by atoms with Gasteiger partial charge < -0.3 is 25.6 Å². The van der Waals surface area contributed by atoms with Crippen LogP contribution in [0.25, 0.3) is 0 Å². The number of hydrogen-bond acceptors (Lipinski definition) is 8. The van der Waals surface area contributed by atoms with Crippen LogP contribution in [0.15, 0.2) is 41.2 Å². The Morgan fingerprint density at radius 3 is 3.09 bits per heavy atom. The number of carbonyl (C=O) groups is 1. The number of fused-ring (bicyclic) bond motifs is 2. The van der Waals surface area contributed by atoms with Gasteiger partial charge in [0.2, 0.25) is 0 Å². The van der Waals surface area contributed by atoms with E-state index in [0.717, 1.165) is 43.7 Å². The molecule has 0 bridgehead atoms. The van der Waals surface area contributed by atoms with E-state index in [1.807, 2.05) is 0 Å². The van der Waals surface area contributed by atoms with Crippen molar-refractivity contribution < 1.29 is 19.4 Å². The van der Waals surface area contributed by atoms with Gasteiger partial charge in [0, 0.05) is 30.3 Å². The maximum Gasteiger partial charge on any atom is 0.305 e.